The molecule has 0 bridgehead atoms. The van der Waals surface area contributed by atoms with Crippen molar-refractivity contribution in [3.8, 4) is 5.75 Å². The van der Waals surface area contributed by atoms with E-state index in [1.165, 1.54) is 30.3 Å². The second-order valence-electron chi connectivity index (χ2n) is 4.81. The predicted molar refractivity (Wildman–Crippen MR) is 83.8 cm³/mol. The number of hydrogen-bond donors (Lipinski definition) is 1. The molecular weight excluding hydrogens is 339 g/mol. The van der Waals surface area contributed by atoms with Crippen molar-refractivity contribution in [3.63, 3.8) is 0 Å². The van der Waals surface area contributed by atoms with Gasteiger partial charge in [-0.1, -0.05) is 42.1 Å². The third-order valence-corrected chi connectivity index (χ3v) is 4.09. The molecular formula is C16H11N2NaO4S. The van der Waals surface area contributed by atoms with Crippen LogP contribution in [0.4, 0.5) is 11.4 Å². The molecule has 24 heavy (non-hydrogen) atoms. The average molecular weight is 350 g/mol. The number of nitrogens with zero attached hydrogens (tertiary/aromatic N) is 2. The van der Waals surface area contributed by atoms with E-state index in [0.29, 0.717) is 16.5 Å². The smallest absolute Gasteiger partial charge is 0.871 e. The summed E-state index contributed by atoms with van der Waals surface area (Å²) in [7, 11) is -4.30. The van der Waals surface area contributed by atoms with Gasteiger partial charge < -0.3 is 5.11 Å². The maximum atomic E-state index is 12.0. The van der Waals surface area contributed by atoms with E-state index < -0.39 is 10.1 Å². The summed E-state index contributed by atoms with van der Waals surface area (Å²) in [5.41, 5.74) is 0.715. The second kappa shape index (κ2) is 7.42. The maximum absolute atomic E-state index is 12.0. The molecule has 8 heteroatoms. The Balaban J connectivity index is 0.00000208. The molecule has 0 spiro atoms. The molecule has 1 N–H and O–H groups in total. The number of benzene rings is 3. The number of fused-ring (bicyclic) bond motifs is 1. The Kier molecular flexibility index (Phi) is 5.74. The summed E-state index contributed by atoms with van der Waals surface area (Å²) in [6.45, 7) is 0. The third-order valence-electron chi connectivity index (χ3n) is 3.25. The van der Waals surface area contributed by atoms with Crippen LogP contribution in [0.15, 0.2) is 75.8 Å². The zero-order valence-corrected chi connectivity index (χ0v) is 15.6. The van der Waals surface area contributed by atoms with E-state index in [1.807, 2.05) is 6.07 Å². The summed E-state index contributed by atoms with van der Waals surface area (Å²) in [5.74, 6) is -0.322. The Morgan fingerprint density at radius 2 is 1.62 bits per heavy atom. The number of rotatable bonds is 3. The van der Waals surface area contributed by atoms with Crippen LogP contribution >= 0.6 is 0 Å². The molecule has 0 unspecified atom stereocenters. The fourth-order valence-corrected chi connectivity index (χ4v) is 2.65. The summed E-state index contributed by atoms with van der Waals surface area (Å²) < 4.78 is 31.5. The molecule has 3 aromatic carbocycles. The summed E-state index contributed by atoms with van der Waals surface area (Å²) in [6.07, 6.45) is 0. The van der Waals surface area contributed by atoms with Crippen molar-refractivity contribution in [2.24, 2.45) is 10.2 Å². The summed E-state index contributed by atoms with van der Waals surface area (Å²) in [4.78, 5) is -0.241. The van der Waals surface area contributed by atoms with Gasteiger partial charge in [0, 0.05) is 5.39 Å². The van der Waals surface area contributed by atoms with Gasteiger partial charge in [0.25, 0.3) is 10.1 Å². The molecule has 0 fully saturated rings. The van der Waals surface area contributed by atoms with Crippen molar-refractivity contribution in [2.45, 2.75) is 4.90 Å². The van der Waals surface area contributed by atoms with Gasteiger partial charge >= 0.3 is 29.6 Å². The fraction of sp³-hybridized carbons (Fsp3) is 0. The van der Waals surface area contributed by atoms with Crippen LogP contribution < -0.4 is 34.7 Å². The van der Waals surface area contributed by atoms with E-state index in [0.717, 1.165) is 0 Å². The first-order valence-corrected chi connectivity index (χ1v) is 8.07. The minimum Gasteiger partial charge on any atom is -0.871 e. The predicted octanol–water partition coefficient (Wildman–Crippen LogP) is 0.579. The molecule has 0 aliphatic carbocycles. The van der Waals surface area contributed by atoms with E-state index in [2.05, 4.69) is 10.2 Å². The van der Waals surface area contributed by atoms with Crippen molar-refractivity contribution in [2.75, 3.05) is 0 Å². The van der Waals surface area contributed by atoms with Crippen LogP contribution in [0.25, 0.3) is 10.8 Å². The van der Waals surface area contributed by atoms with Crippen molar-refractivity contribution in [3.05, 3.63) is 60.7 Å². The number of azo groups is 1. The van der Waals surface area contributed by atoms with Gasteiger partial charge in [-0.25, -0.2) is 0 Å². The molecule has 3 aromatic rings. The van der Waals surface area contributed by atoms with E-state index in [9.17, 15) is 13.5 Å². The summed E-state index contributed by atoms with van der Waals surface area (Å²) in [6, 6.07) is 15.6. The molecule has 0 saturated heterocycles. The first kappa shape index (κ1) is 18.6. The topological polar surface area (TPSA) is 102 Å². The first-order valence-electron chi connectivity index (χ1n) is 6.63. The van der Waals surface area contributed by atoms with E-state index in [4.69, 9.17) is 4.55 Å². The molecule has 0 radical (unpaired) electrons. The third kappa shape index (κ3) is 4.00. The molecule has 116 valence electrons. The van der Waals surface area contributed by atoms with Gasteiger partial charge in [-0.15, -0.1) is 0 Å². The molecule has 0 aromatic heterocycles. The minimum absolute atomic E-state index is 0. The summed E-state index contributed by atoms with van der Waals surface area (Å²) in [5, 5.41) is 21.0. The van der Waals surface area contributed by atoms with Crippen LogP contribution in [0.1, 0.15) is 0 Å². The monoisotopic (exact) mass is 350 g/mol. The van der Waals surface area contributed by atoms with Gasteiger partial charge in [0.15, 0.2) is 0 Å². The molecule has 0 saturated carbocycles. The fourth-order valence-electron chi connectivity index (χ4n) is 2.14. The standard InChI is InChI=1S/C16H12N2O4S.Na/c19-15-9-6-11-10-13(23(20,21)22)7-8-14(11)16(15)18-17-12-4-2-1-3-5-12;/h1-10,19H,(H,20,21,22);/q;+1/p-1. The SMILES string of the molecule is O=S(=O)(O)c1ccc2c(N=Nc3ccccc3)c([O-])ccc2c1.[Na+]. The molecule has 0 aliphatic heterocycles. The summed E-state index contributed by atoms with van der Waals surface area (Å²) >= 11 is 0. The van der Waals surface area contributed by atoms with Gasteiger partial charge in [-0.05, 0) is 29.7 Å². The van der Waals surface area contributed by atoms with Gasteiger partial charge in [0.1, 0.15) is 0 Å². The quantitative estimate of drug-likeness (QED) is 0.424. The average Bonchev–Trinajstić information content (AvgIpc) is 2.53. The van der Waals surface area contributed by atoms with Crippen LogP contribution in [0.3, 0.4) is 0 Å². The molecule has 0 aliphatic rings. The van der Waals surface area contributed by atoms with Gasteiger partial charge in [-0.3, -0.25) is 4.55 Å². The Morgan fingerprint density at radius 1 is 0.917 bits per heavy atom. The van der Waals surface area contributed by atoms with Crippen molar-refractivity contribution >= 4 is 32.3 Å². The van der Waals surface area contributed by atoms with Crippen molar-refractivity contribution < 1.29 is 47.6 Å². The molecule has 0 amide bonds. The number of hydrogen-bond acceptors (Lipinski definition) is 5. The Labute approximate surface area is 160 Å². The first-order chi connectivity index (χ1) is 10.9. The Hall–Kier alpha value is -1.77. The van der Waals surface area contributed by atoms with E-state index in [-0.39, 0.29) is 45.9 Å². The van der Waals surface area contributed by atoms with Crippen LogP contribution in [0, 0.1) is 0 Å². The Morgan fingerprint density at radius 3 is 2.29 bits per heavy atom. The van der Waals surface area contributed by atoms with Crippen molar-refractivity contribution in [1.29, 1.82) is 0 Å². The molecule has 6 nitrogen and oxygen atoms in total. The van der Waals surface area contributed by atoms with Gasteiger partial charge in [0.05, 0.1) is 16.3 Å². The zero-order valence-electron chi connectivity index (χ0n) is 12.7. The second-order valence-corrected chi connectivity index (χ2v) is 6.23. The van der Waals surface area contributed by atoms with Gasteiger partial charge in [-0.2, -0.15) is 18.6 Å². The molecule has 3 rings (SSSR count). The molecule has 0 atom stereocenters. The van der Waals surface area contributed by atoms with Crippen LogP contribution in [0.2, 0.25) is 0 Å². The molecule has 0 heterocycles. The van der Waals surface area contributed by atoms with Crippen LogP contribution in [-0.4, -0.2) is 13.0 Å². The normalized spacial score (nSPS) is 11.5. The largest absolute Gasteiger partial charge is 1.00 e. The zero-order chi connectivity index (χ0) is 16.4. The van der Waals surface area contributed by atoms with Crippen LogP contribution in [0.5, 0.6) is 5.75 Å². The maximum Gasteiger partial charge on any atom is 1.00 e. The van der Waals surface area contributed by atoms with Crippen molar-refractivity contribution in [1.82, 2.24) is 0 Å². The van der Waals surface area contributed by atoms with Crippen LogP contribution in [-0.2, 0) is 10.1 Å². The minimum atomic E-state index is -4.30. The van der Waals surface area contributed by atoms with E-state index in [1.54, 1.807) is 24.3 Å². The Bertz CT molecular complexity index is 1010. The van der Waals surface area contributed by atoms with Gasteiger partial charge in [0.2, 0.25) is 0 Å². The van der Waals surface area contributed by atoms with E-state index >= 15 is 0 Å².